The zero-order valence-corrected chi connectivity index (χ0v) is 11.4. The quantitative estimate of drug-likeness (QED) is 0.563. The Morgan fingerprint density at radius 3 is 2.36 bits per heavy atom. The molecule has 0 radical (unpaired) electrons. The summed E-state index contributed by atoms with van der Waals surface area (Å²) in [6.45, 7) is 0. The fourth-order valence-corrected chi connectivity index (χ4v) is 1.09. The van der Waals surface area contributed by atoms with E-state index in [9.17, 15) is 0 Å². The van der Waals surface area contributed by atoms with E-state index in [1.165, 1.54) is 0 Å². The second kappa shape index (κ2) is 6.70. The topological polar surface area (TPSA) is 12.9 Å². The molecule has 2 rings (SSSR count). The van der Waals surface area contributed by atoms with Crippen molar-refractivity contribution >= 4 is 9.69 Å². The van der Waals surface area contributed by atoms with E-state index in [0.29, 0.717) is 0 Å². The summed E-state index contributed by atoms with van der Waals surface area (Å²) >= 11 is 0.847. The van der Waals surface area contributed by atoms with E-state index >= 15 is 0 Å². The summed E-state index contributed by atoms with van der Waals surface area (Å²) < 4.78 is 0. The van der Waals surface area contributed by atoms with Crippen LogP contribution in [-0.4, -0.2) is 4.98 Å². The minimum atomic E-state index is 0.847. The Morgan fingerprint density at radius 2 is 1.79 bits per heavy atom. The van der Waals surface area contributed by atoms with E-state index in [2.05, 4.69) is 11.1 Å². The summed E-state index contributed by atoms with van der Waals surface area (Å²) in [6.07, 6.45) is 1.80. The third-order valence-corrected chi connectivity index (χ3v) is 1.68. The van der Waals surface area contributed by atoms with Gasteiger partial charge in [0.05, 0.1) is 0 Å². The Kier molecular flexibility index (Phi) is 5.43. The fraction of sp³-hybridized carbons (Fsp3) is 0. The molecule has 66 valence electrons. The Bertz CT molecular complexity index is 313. The van der Waals surface area contributed by atoms with Gasteiger partial charge in [-0.25, -0.2) is 0 Å². The maximum atomic E-state index is 4.76. The van der Waals surface area contributed by atoms with Crippen LogP contribution in [0, 0.1) is 6.07 Å². The van der Waals surface area contributed by atoms with Crippen molar-refractivity contribution in [3.05, 3.63) is 54.7 Å². The van der Waals surface area contributed by atoms with E-state index in [4.69, 9.17) is 9.69 Å². The van der Waals surface area contributed by atoms with Crippen LogP contribution >= 0.6 is 9.69 Å². The molecule has 0 aliphatic carbocycles. The normalized spacial score (nSPS) is 8.79. The number of hydrogen-bond acceptors (Lipinski definition) is 1. The van der Waals surface area contributed by atoms with Gasteiger partial charge in [-0.2, -0.15) is 30.3 Å². The van der Waals surface area contributed by atoms with E-state index in [0.717, 1.165) is 28.6 Å². The molecule has 0 atom stereocenters. The number of halogens is 1. The van der Waals surface area contributed by atoms with E-state index in [1.807, 2.05) is 42.5 Å². The first kappa shape index (κ1) is 11.4. The van der Waals surface area contributed by atoms with Crippen molar-refractivity contribution in [3.63, 3.8) is 0 Å². The predicted octanol–water partition coefficient (Wildman–Crippen LogP) is 3.24. The molecule has 3 heteroatoms. The van der Waals surface area contributed by atoms with Crippen molar-refractivity contribution in [1.82, 2.24) is 4.98 Å². The first-order chi connectivity index (χ1) is 6.97. The average Bonchev–Trinajstić information content (AvgIpc) is 2.34. The summed E-state index contributed by atoms with van der Waals surface area (Å²) in [4.78, 5) is 4.24. The Balaban J connectivity index is 0.000000461. The van der Waals surface area contributed by atoms with Crippen molar-refractivity contribution in [3.8, 4) is 11.3 Å². The smallest absolute Gasteiger partial charge is 0.0461 e. The van der Waals surface area contributed by atoms with Crippen molar-refractivity contribution in [2.75, 3.05) is 0 Å². The van der Waals surface area contributed by atoms with Gasteiger partial charge in [-0.05, 0) is 12.1 Å². The summed E-state index contributed by atoms with van der Waals surface area (Å²) in [5.41, 5.74) is 2.14. The molecule has 0 aliphatic heterocycles. The van der Waals surface area contributed by atoms with Crippen LogP contribution in [0.4, 0.5) is 0 Å². The van der Waals surface area contributed by atoms with Gasteiger partial charge in [0, 0.05) is 11.9 Å². The Morgan fingerprint density at radius 1 is 1.07 bits per heavy atom. The molecule has 0 saturated carbocycles. The fourth-order valence-electron chi connectivity index (χ4n) is 1.09. The summed E-state index contributed by atoms with van der Waals surface area (Å²) in [5, 5.41) is 0. The van der Waals surface area contributed by atoms with Gasteiger partial charge in [0.2, 0.25) is 0 Å². The number of rotatable bonds is 1. The molecule has 0 amide bonds. The molecule has 0 fully saturated rings. The van der Waals surface area contributed by atoms with Crippen LogP contribution in [-0.2, 0) is 17.3 Å². The van der Waals surface area contributed by atoms with Crippen molar-refractivity contribution < 1.29 is 17.3 Å². The number of aromatic nitrogens is 1. The average molecular weight is 255 g/mol. The summed E-state index contributed by atoms with van der Waals surface area (Å²) in [6, 6.07) is 16.7. The minimum absolute atomic E-state index is 0.847. The van der Waals surface area contributed by atoms with Crippen molar-refractivity contribution in [2.24, 2.45) is 0 Å². The maximum Gasteiger partial charge on any atom is 0.0461 e. The maximum absolute atomic E-state index is 4.76. The summed E-state index contributed by atoms with van der Waals surface area (Å²) in [7, 11) is 4.76. The molecule has 1 aromatic carbocycles. The number of benzene rings is 1. The van der Waals surface area contributed by atoms with Gasteiger partial charge in [0.25, 0.3) is 0 Å². The second-order valence-electron chi connectivity index (χ2n) is 2.50. The molecular formula is C11H8ClNZn. The molecule has 0 unspecified atom stereocenters. The van der Waals surface area contributed by atoms with Crippen LogP contribution in [0.3, 0.4) is 0 Å². The zero-order valence-electron chi connectivity index (χ0n) is 7.65. The van der Waals surface area contributed by atoms with E-state index in [1.54, 1.807) is 6.20 Å². The van der Waals surface area contributed by atoms with Gasteiger partial charge >= 0.3 is 27.0 Å². The minimum Gasteiger partial charge on any atom is -0.258 e. The van der Waals surface area contributed by atoms with Crippen LogP contribution in [0.1, 0.15) is 0 Å². The van der Waals surface area contributed by atoms with Crippen LogP contribution in [0.25, 0.3) is 11.3 Å². The van der Waals surface area contributed by atoms with Crippen LogP contribution < -0.4 is 0 Å². The molecule has 0 saturated heterocycles. The number of pyridine rings is 1. The van der Waals surface area contributed by atoms with Gasteiger partial charge in [-0.15, -0.1) is 5.56 Å². The van der Waals surface area contributed by atoms with Gasteiger partial charge in [0.15, 0.2) is 0 Å². The van der Waals surface area contributed by atoms with Crippen molar-refractivity contribution in [2.45, 2.75) is 0 Å². The first-order valence-electron chi connectivity index (χ1n) is 4.11. The van der Waals surface area contributed by atoms with Crippen LogP contribution in [0.5, 0.6) is 0 Å². The van der Waals surface area contributed by atoms with Crippen molar-refractivity contribution in [1.29, 1.82) is 0 Å². The molecule has 1 nitrogen and oxygen atoms in total. The molecule has 0 aliphatic rings. The third kappa shape index (κ3) is 3.21. The number of nitrogens with zero attached hydrogens (tertiary/aromatic N) is 1. The third-order valence-electron chi connectivity index (χ3n) is 1.68. The van der Waals surface area contributed by atoms with Gasteiger partial charge in [0.1, 0.15) is 0 Å². The van der Waals surface area contributed by atoms with E-state index < -0.39 is 0 Å². The van der Waals surface area contributed by atoms with Gasteiger partial charge in [-0.1, -0.05) is 6.07 Å². The SMILES string of the molecule is [Cl][Zn+].[c-]1ccc(-c2ccccn2)cc1. The molecule has 0 N–H and O–H groups in total. The number of hydrogen-bond donors (Lipinski definition) is 0. The first-order valence-corrected chi connectivity index (χ1v) is 8.01. The predicted molar refractivity (Wildman–Crippen MR) is 54.4 cm³/mol. The molecule has 2 aromatic rings. The second-order valence-corrected chi connectivity index (χ2v) is 2.50. The zero-order chi connectivity index (χ0) is 10.2. The van der Waals surface area contributed by atoms with E-state index in [-0.39, 0.29) is 0 Å². The summed E-state index contributed by atoms with van der Waals surface area (Å²) in [5.74, 6) is 0. The molecule has 0 bridgehead atoms. The molecule has 1 heterocycles. The molecule has 0 spiro atoms. The Labute approximate surface area is 97.9 Å². The Hall–Kier alpha value is -0.717. The molecular weight excluding hydrogens is 247 g/mol. The monoisotopic (exact) mass is 253 g/mol. The standard InChI is InChI=1S/C11H8N.ClH.Zn/c1-2-6-10(7-3-1)11-8-4-5-9-12-11;;/h2-9H;1H;/q-1;;+2/p-1. The van der Waals surface area contributed by atoms with Gasteiger partial charge < -0.3 is 0 Å². The molecule has 1 aromatic heterocycles. The van der Waals surface area contributed by atoms with Crippen LogP contribution in [0.2, 0.25) is 0 Å². The van der Waals surface area contributed by atoms with Gasteiger partial charge in [-0.3, -0.25) is 4.98 Å². The molecule has 14 heavy (non-hydrogen) atoms. The largest absolute Gasteiger partial charge is 0.258 e. The van der Waals surface area contributed by atoms with Crippen LogP contribution in [0.15, 0.2) is 48.7 Å².